The molecule has 2 aromatic carbocycles. The van der Waals surface area contributed by atoms with Gasteiger partial charge in [0.2, 0.25) is 0 Å². The predicted molar refractivity (Wildman–Crippen MR) is 151 cm³/mol. The molecule has 1 atom stereocenters. The van der Waals surface area contributed by atoms with Crippen LogP contribution < -0.4 is 10.1 Å². The Hall–Kier alpha value is -2.97. The van der Waals surface area contributed by atoms with Crippen LogP contribution >= 0.6 is 0 Å². The Kier molecular flexibility index (Phi) is 8.65. The van der Waals surface area contributed by atoms with Gasteiger partial charge in [-0.2, -0.15) is 0 Å². The van der Waals surface area contributed by atoms with Crippen molar-refractivity contribution in [1.82, 2.24) is 4.98 Å². The van der Waals surface area contributed by atoms with Gasteiger partial charge in [0.15, 0.2) is 8.32 Å². The average Bonchev–Trinajstić information content (AvgIpc) is 2.79. The van der Waals surface area contributed by atoms with Crippen molar-refractivity contribution in [2.24, 2.45) is 0 Å². The van der Waals surface area contributed by atoms with Gasteiger partial charge in [0.1, 0.15) is 30.7 Å². The molecule has 3 aromatic rings. The molecular formula is C29H39FN2O4Si. The zero-order chi connectivity index (χ0) is 27.4. The van der Waals surface area contributed by atoms with Crippen LogP contribution in [-0.4, -0.2) is 44.4 Å². The second-order valence-corrected chi connectivity index (χ2v) is 16.5. The summed E-state index contributed by atoms with van der Waals surface area (Å²) in [7, 11) is -2.09. The van der Waals surface area contributed by atoms with Gasteiger partial charge in [-0.05, 0) is 75.3 Å². The van der Waals surface area contributed by atoms with E-state index >= 15 is 0 Å². The van der Waals surface area contributed by atoms with Crippen LogP contribution in [0.4, 0.5) is 14.9 Å². The first-order valence-corrected chi connectivity index (χ1v) is 15.5. The summed E-state index contributed by atoms with van der Waals surface area (Å²) in [6.07, 6.45) is -1.09. The first-order valence-electron chi connectivity index (χ1n) is 12.5. The normalized spacial score (nSPS) is 13.3. The summed E-state index contributed by atoms with van der Waals surface area (Å²) in [6, 6.07) is 17.0. The number of alkyl halides is 1. The molecule has 0 bridgehead atoms. The number of hydrogen-bond acceptors (Lipinski definition) is 5. The zero-order valence-corrected chi connectivity index (χ0v) is 24.1. The number of benzene rings is 2. The van der Waals surface area contributed by atoms with Crippen LogP contribution in [0, 0.1) is 0 Å². The number of hydrogen-bond donors (Lipinski definition) is 1. The molecular weight excluding hydrogens is 487 g/mol. The molecule has 1 aromatic heterocycles. The number of nitrogens with zero attached hydrogens (tertiary/aromatic N) is 1. The molecule has 1 N–H and O–H groups in total. The lowest BCUT2D eigenvalue weighted by atomic mass is 10.1. The van der Waals surface area contributed by atoms with Crippen LogP contribution in [0.1, 0.15) is 41.5 Å². The van der Waals surface area contributed by atoms with E-state index in [2.05, 4.69) is 39.2 Å². The topological polar surface area (TPSA) is 69.7 Å². The maximum Gasteiger partial charge on any atom is 0.412 e. The summed E-state index contributed by atoms with van der Waals surface area (Å²) >= 11 is 0. The van der Waals surface area contributed by atoms with Gasteiger partial charge in [0.05, 0.1) is 11.2 Å². The lowest BCUT2D eigenvalue weighted by Crippen LogP contribution is -2.46. The molecule has 200 valence electrons. The smallest absolute Gasteiger partial charge is 0.412 e. The number of carbonyl (C=O) groups excluding carboxylic acids is 1. The Bertz CT molecular complexity index is 1220. The van der Waals surface area contributed by atoms with E-state index in [0.29, 0.717) is 11.4 Å². The van der Waals surface area contributed by atoms with E-state index in [1.807, 2.05) is 75.4 Å². The summed E-state index contributed by atoms with van der Waals surface area (Å²) < 4.78 is 31.0. The molecule has 0 aliphatic heterocycles. The standard InChI is InChI=1S/C29H39FN2O4Si/c1-28(2,3)35-27(33)31-22-12-9-20(10-13-22)25-15-11-21-17-23(14-16-26(21)32-25)34-19-24(18-30)36-37(7,8)29(4,5)6/h9-17,24H,18-19H2,1-8H3,(H,31,33). The van der Waals surface area contributed by atoms with Gasteiger partial charge in [-0.1, -0.05) is 39.0 Å². The maximum absolute atomic E-state index is 13.7. The van der Waals surface area contributed by atoms with Crippen LogP contribution in [0.15, 0.2) is 54.6 Å². The van der Waals surface area contributed by atoms with Gasteiger partial charge < -0.3 is 13.9 Å². The fraction of sp³-hybridized carbons (Fsp3) is 0.448. The molecule has 0 aliphatic rings. The van der Waals surface area contributed by atoms with E-state index < -0.39 is 32.8 Å². The SMILES string of the molecule is CC(C)(C)OC(=O)Nc1ccc(-c2ccc3cc(OCC(CF)O[Si](C)(C)C(C)(C)C)ccc3n2)cc1. The van der Waals surface area contributed by atoms with Crippen LogP contribution in [0.3, 0.4) is 0 Å². The summed E-state index contributed by atoms with van der Waals surface area (Å²) in [6.45, 7) is 15.7. The molecule has 37 heavy (non-hydrogen) atoms. The molecule has 1 amide bonds. The molecule has 0 fully saturated rings. The highest BCUT2D eigenvalue weighted by Gasteiger charge is 2.39. The quantitative estimate of drug-likeness (QED) is 0.301. The van der Waals surface area contributed by atoms with Gasteiger partial charge in [0, 0.05) is 16.6 Å². The van der Waals surface area contributed by atoms with E-state index in [4.69, 9.17) is 18.9 Å². The molecule has 0 radical (unpaired) electrons. The van der Waals surface area contributed by atoms with E-state index in [9.17, 15) is 9.18 Å². The number of halogens is 1. The summed E-state index contributed by atoms with van der Waals surface area (Å²) in [5.41, 5.74) is 2.64. The van der Waals surface area contributed by atoms with Crippen molar-refractivity contribution in [3.63, 3.8) is 0 Å². The number of nitrogens with one attached hydrogen (secondary N) is 1. The maximum atomic E-state index is 13.7. The Morgan fingerprint density at radius 3 is 2.27 bits per heavy atom. The van der Waals surface area contributed by atoms with Crippen molar-refractivity contribution in [1.29, 1.82) is 0 Å². The van der Waals surface area contributed by atoms with Crippen molar-refractivity contribution in [3.8, 4) is 17.0 Å². The van der Waals surface area contributed by atoms with Gasteiger partial charge in [-0.15, -0.1) is 0 Å². The summed E-state index contributed by atoms with van der Waals surface area (Å²) in [4.78, 5) is 16.7. The number of pyridine rings is 1. The van der Waals surface area contributed by atoms with Gasteiger partial charge in [-0.3, -0.25) is 5.32 Å². The molecule has 0 spiro atoms. The molecule has 6 nitrogen and oxygen atoms in total. The number of anilines is 1. The monoisotopic (exact) mass is 526 g/mol. The molecule has 8 heteroatoms. The Morgan fingerprint density at radius 2 is 1.68 bits per heavy atom. The van der Waals surface area contributed by atoms with Crippen molar-refractivity contribution < 1.29 is 23.1 Å². The number of amides is 1. The van der Waals surface area contributed by atoms with E-state index in [-0.39, 0.29) is 11.6 Å². The first-order chi connectivity index (χ1) is 17.2. The summed E-state index contributed by atoms with van der Waals surface area (Å²) in [5.74, 6) is 0.650. The van der Waals surface area contributed by atoms with Crippen LogP contribution in [0.25, 0.3) is 22.2 Å². The van der Waals surface area contributed by atoms with Crippen molar-refractivity contribution in [2.45, 2.75) is 71.4 Å². The zero-order valence-electron chi connectivity index (χ0n) is 23.1. The van der Waals surface area contributed by atoms with Crippen molar-refractivity contribution in [2.75, 3.05) is 18.6 Å². The predicted octanol–water partition coefficient (Wildman–Crippen LogP) is 7.99. The van der Waals surface area contributed by atoms with Gasteiger partial charge in [-0.25, -0.2) is 14.2 Å². The highest BCUT2D eigenvalue weighted by Crippen LogP contribution is 2.37. The molecule has 0 saturated carbocycles. The first kappa shape index (κ1) is 28.6. The molecule has 0 aliphatic carbocycles. The molecule has 3 rings (SSSR count). The van der Waals surface area contributed by atoms with Crippen molar-refractivity contribution in [3.05, 3.63) is 54.6 Å². The van der Waals surface area contributed by atoms with E-state index in [1.165, 1.54) is 0 Å². The number of ether oxygens (including phenoxy) is 2. The largest absolute Gasteiger partial charge is 0.491 e. The van der Waals surface area contributed by atoms with Gasteiger partial charge >= 0.3 is 6.09 Å². The van der Waals surface area contributed by atoms with E-state index in [1.54, 1.807) is 0 Å². The summed E-state index contributed by atoms with van der Waals surface area (Å²) in [5, 5.41) is 3.66. The second-order valence-electron chi connectivity index (χ2n) is 11.7. The number of fused-ring (bicyclic) bond motifs is 1. The Labute approximate surface area is 220 Å². The third-order valence-corrected chi connectivity index (χ3v) is 10.9. The van der Waals surface area contributed by atoms with Gasteiger partial charge in [0.25, 0.3) is 0 Å². The number of aromatic nitrogens is 1. The number of rotatable bonds is 8. The lowest BCUT2D eigenvalue weighted by Gasteiger charge is -2.38. The Balaban J connectivity index is 1.66. The minimum atomic E-state index is -2.09. The fourth-order valence-electron chi connectivity index (χ4n) is 3.39. The molecule has 1 heterocycles. The van der Waals surface area contributed by atoms with Crippen molar-refractivity contribution >= 4 is 31.0 Å². The second kappa shape index (κ2) is 11.2. The highest BCUT2D eigenvalue weighted by molar-refractivity contribution is 6.74. The van der Waals surface area contributed by atoms with E-state index in [0.717, 1.165) is 22.2 Å². The average molecular weight is 527 g/mol. The van der Waals surface area contributed by atoms with Crippen LogP contribution in [0.5, 0.6) is 5.75 Å². The highest BCUT2D eigenvalue weighted by atomic mass is 28.4. The minimum Gasteiger partial charge on any atom is -0.491 e. The third kappa shape index (κ3) is 8.00. The fourth-order valence-corrected chi connectivity index (χ4v) is 4.71. The molecule has 1 unspecified atom stereocenters. The van der Waals surface area contributed by atoms with Crippen LogP contribution in [-0.2, 0) is 9.16 Å². The Morgan fingerprint density at radius 1 is 1.00 bits per heavy atom. The minimum absolute atomic E-state index is 0.00166. The molecule has 0 saturated heterocycles. The van der Waals surface area contributed by atoms with Crippen LogP contribution in [0.2, 0.25) is 18.1 Å². The number of carbonyl (C=O) groups is 1. The lowest BCUT2D eigenvalue weighted by molar-refractivity contribution is 0.0636. The third-order valence-electron chi connectivity index (χ3n) is 6.36.